The van der Waals surface area contributed by atoms with Crippen LogP contribution in [-0.4, -0.2) is 40.5 Å². The molecule has 2 fully saturated rings. The van der Waals surface area contributed by atoms with Gasteiger partial charge in [-0.05, 0) is 44.3 Å². The predicted octanol–water partition coefficient (Wildman–Crippen LogP) is 3.12. The maximum atomic E-state index is 13.3. The van der Waals surface area contributed by atoms with Gasteiger partial charge in [-0.2, -0.15) is 0 Å². The Morgan fingerprint density at radius 1 is 1.04 bits per heavy atom. The minimum absolute atomic E-state index is 0.0178. The van der Waals surface area contributed by atoms with Crippen molar-refractivity contribution in [3.8, 4) is 0 Å². The van der Waals surface area contributed by atoms with Crippen LogP contribution in [0.3, 0.4) is 0 Å². The van der Waals surface area contributed by atoms with E-state index in [-0.39, 0.29) is 12.3 Å². The maximum absolute atomic E-state index is 13.3. The Kier molecular flexibility index (Phi) is 5.74. The van der Waals surface area contributed by atoms with Gasteiger partial charge in [0.15, 0.2) is 0 Å². The molecule has 3 rings (SSSR count). The molecule has 1 aromatic carbocycles. The molecule has 1 heterocycles. The number of hydrogen-bond acceptors (Lipinski definition) is 3. The van der Waals surface area contributed by atoms with Crippen LogP contribution in [0.15, 0.2) is 30.3 Å². The number of benzene rings is 1. The van der Waals surface area contributed by atoms with Gasteiger partial charge in [-0.15, -0.1) is 0 Å². The smallest absolute Gasteiger partial charge is 0.305 e. The van der Waals surface area contributed by atoms with E-state index in [9.17, 15) is 14.7 Å². The number of carbonyl (C=O) groups is 2. The number of rotatable bonds is 6. The fraction of sp³-hybridized carbons (Fsp3) is 0.600. The van der Waals surface area contributed by atoms with Gasteiger partial charge < -0.3 is 10.4 Å². The van der Waals surface area contributed by atoms with Crippen LogP contribution in [0, 0.1) is 0 Å². The van der Waals surface area contributed by atoms with Gasteiger partial charge in [-0.3, -0.25) is 14.5 Å². The van der Waals surface area contributed by atoms with Crippen molar-refractivity contribution >= 4 is 11.9 Å². The summed E-state index contributed by atoms with van der Waals surface area (Å²) in [5.41, 5.74) is 0.408. The highest BCUT2D eigenvalue weighted by Crippen LogP contribution is 2.37. The summed E-state index contributed by atoms with van der Waals surface area (Å²) in [4.78, 5) is 27.0. The van der Waals surface area contributed by atoms with E-state index in [4.69, 9.17) is 0 Å². The average Bonchev–Trinajstić information content (AvgIpc) is 3.17. The number of carboxylic acid groups (broad SMARTS) is 1. The highest BCUT2D eigenvalue weighted by atomic mass is 16.4. The Labute approximate surface area is 149 Å². The van der Waals surface area contributed by atoms with E-state index in [0.29, 0.717) is 0 Å². The van der Waals surface area contributed by atoms with Gasteiger partial charge in [-0.25, -0.2) is 0 Å². The number of carboxylic acids is 1. The summed E-state index contributed by atoms with van der Waals surface area (Å²) in [6.07, 6.45) is 7.28. The Morgan fingerprint density at radius 3 is 2.28 bits per heavy atom. The lowest BCUT2D eigenvalue weighted by Gasteiger charge is -2.44. The van der Waals surface area contributed by atoms with Crippen molar-refractivity contribution in [1.29, 1.82) is 0 Å². The van der Waals surface area contributed by atoms with Gasteiger partial charge in [0, 0.05) is 0 Å². The number of hydrogen-bond donors (Lipinski definition) is 2. The fourth-order valence-electron chi connectivity index (χ4n) is 4.37. The van der Waals surface area contributed by atoms with Crippen LogP contribution in [0.1, 0.15) is 63.0 Å². The van der Waals surface area contributed by atoms with E-state index in [1.165, 1.54) is 6.42 Å². The average molecular weight is 344 g/mol. The summed E-state index contributed by atoms with van der Waals surface area (Å²) in [7, 11) is 0. The van der Waals surface area contributed by atoms with Crippen molar-refractivity contribution in [2.45, 2.75) is 62.9 Å². The minimum Gasteiger partial charge on any atom is -0.481 e. The zero-order chi connectivity index (χ0) is 17.7. The second-order valence-electron chi connectivity index (χ2n) is 7.32. The highest BCUT2D eigenvalue weighted by molar-refractivity contribution is 5.87. The van der Waals surface area contributed by atoms with Gasteiger partial charge in [0.1, 0.15) is 5.54 Å². The van der Waals surface area contributed by atoms with Gasteiger partial charge in [0.2, 0.25) is 5.91 Å². The molecule has 0 unspecified atom stereocenters. The third kappa shape index (κ3) is 4.03. The van der Waals surface area contributed by atoms with E-state index in [1.807, 2.05) is 30.3 Å². The monoisotopic (exact) mass is 344 g/mol. The molecule has 5 nitrogen and oxygen atoms in total. The Bertz CT molecular complexity index is 590. The quantitative estimate of drug-likeness (QED) is 0.832. The second kappa shape index (κ2) is 8.00. The van der Waals surface area contributed by atoms with Gasteiger partial charge in [0.05, 0.1) is 12.5 Å². The van der Waals surface area contributed by atoms with Crippen LogP contribution < -0.4 is 5.32 Å². The normalized spacial score (nSPS) is 21.6. The molecule has 2 N–H and O–H groups in total. The van der Waals surface area contributed by atoms with Crippen molar-refractivity contribution in [3.63, 3.8) is 0 Å². The van der Waals surface area contributed by atoms with Crippen LogP contribution in [0.5, 0.6) is 0 Å². The molecule has 0 radical (unpaired) electrons. The summed E-state index contributed by atoms with van der Waals surface area (Å²) in [5.74, 6) is -0.878. The molecular weight excluding hydrogens is 316 g/mol. The number of likely N-dealkylation sites (tertiary alicyclic amines) is 1. The molecule has 5 heteroatoms. The van der Waals surface area contributed by atoms with Gasteiger partial charge in [-0.1, -0.05) is 49.6 Å². The molecule has 1 aromatic rings. The van der Waals surface area contributed by atoms with Gasteiger partial charge in [0.25, 0.3) is 0 Å². The first-order valence-electron chi connectivity index (χ1n) is 9.44. The lowest BCUT2D eigenvalue weighted by atomic mass is 9.79. The molecule has 2 aliphatic rings. The second-order valence-corrected chi connectivity index (χ2v) is 7.32. The zero-order valence-corrected chi connectivity index (χ0v) is 14.7. The molecule has 0 bridgehead atoms. The van der Waals surface area contributed by atoms with Crippen molar-refractivity contribution in [2.24, 2.45) is 0 Å². The van der Waals surface area contributed by atoms with Crippen molar-refractivity contribution in [3.05, 3.63) is 35.9 Å². The number of aliphatic carboxylic acids is 1. The summed E-state index contributed by atoms with van der Waals surface area (Å²) in [6, 6.07) is 8.96. The predicted molar refractivity (Wildman–Crippen MR) is 96.2 cm³/mol. The first-order chi connectivity index (χ1) is 12.1. The molecular formula is C20H28N2O3. The molecule has 136 valence electrons. The summed E-state index contributed by atoms with van der Waals surface area (Å²) < 4.78 is 0. The zero-order valence-electron chi connectivity index (χ0n) is 14.7. The Morgan fingerprint density at radius 2 is 1.68 bits per heavy atom. The number of amides is 1. The Hall–Kier alpha value is -1.88. The number of nitrogens with zero attached hydrogens (tertiary/aromatic N) is 1. The minimum atomic E-state index is -0.895. The molecule has 25 heavy (non-hydrogen) atoms. The highest BCUT2D eigenvalue weighted by Gasteiger charge is 2.46. The van der Waals surface area contributed by atoms with Crippen LogP contribution in [0.25, 0.3) is 0 Å². The van der Waals surface area contributed by atoms with E-state index >= 15 is 0 Å². The molecule has 1 amide bonds. The molecule has 1 atom stereocenters. The largest absolute Gasteiger partial charge is 0.481 e. The van der Waals surface area contributed by atoms with Crippen LogP contribution in [-0.2, 0) is 9.59 Å². The van der Waals surface area contributed by atoms with Crippen LogP contribution in [0.2, 0.25) is 0 Å². The van der Waals surface area contributed by atoms with E-state index in [2.05, 4.69) is 10.2 Å². The van der Waals surface area contributed by atoms with Crippen LogP contribution >= 0.6 is 0 Å². The number of nitrogens with one attached hydrogen (secondary N) is 1. The van der Waals surface area contributed by atoms with E-state index < -0.39 is 17.6 Å². The number of carbonyl (C=O) groups excluding carboxylic acids is 1. The van der Waals surface area contributed by atoms with E-state index in [0.717, 1.165) is 57.2 Å². The van der Waals surface area contributed by atoms with Gasteiger partial charge >= 0.3 is 5.97 Å². The summed E-state index contributed by atoms with van der Waals surface area (Å²) >= 11 is 0. The third-order valence-electron chi connectivity index (χ3n) is 5.70. The topological polar surface area (TPSA) is 69.6 Å². The SMILES string of the molecule is O=C(O)C[C@H](NC(=O)C1(N2CCCC2)CCCCC1)c1ccccc1. The molecule has 1 aliphatic heterocycles. The lowest BCUT2D eigenvalue weighted by Crippen LogP contribution is -2.59. The third-order valence-corrected chi connectivity index (χ3v) is 5.70. The molecule has 0 aromatic heterocycles. The first-order valence-corrected chi connectivity index (χ1v) is 9.44. The molecule has 0 spiro atoms. The lowest BCUT2D eigenvalue weighted by molar-refractivity contribution is -0.139. The fourth-order valence-corrected chi connectivity index (χ4v) is 4.37. The van der Waals surface area contributed by atoms with Crippen LogP contribution in [0.4, 0.5) is 0 Å². The van der Waals surface area contributed by atoms with E-state index in [1.54, 1.807) is 0 Å². The Balaban J connectivity index is 1.81. The molecule has 1 saturated heterocycles. The maximum Gasteiger partial charge on any atom is 0.305 e. The van der Waals surface area contributed by atoms with Crippen molar-refractivity contribution < 1.29 is 14.7 Å². The van der Waals surface area contributed by atoms with Crippen molar-refractivity contribution in [1.82, 2.24) is 10.2 Å². The molecule has 1 saturated carbocycles. The molecule has 1 aliphatic carbocycles. The van der Waals surface area contributed by atoms with Crippen molar-refractivity contribution in [2.75, 3.05) is 13.1 Å². The standard InChI is InChI=1S/C20H28N2O3/c23-18(24)15-17(16-9-3-1-4-10-16)21-19(25)20(11-5-2-6-12-20)22-13-7-8-14-22/h1,3-4,9-10,17H,2,5-8,11-15H2,(H,21,25)(H,23,24)/t17-/m0/s1. The summed E-state index contributed by atoms with van der Waals surface area (Å²) in [6.45, 7) is 1.95. The summed E-state index contributed by atoms with van der Waals surface area (Å²) in [5, 5.41) is 12.4. The first kappa shape index (κ1) is 17.9.